The predicted molar refractivity (Wildman–Crippen MR) is 73.9 cm³/mol. The predicted octanol–water partition coefficient (Wildman–Crippen LogP) is 3.29. The van der Waals surface area contributed by atoms with E-state index in [1.165, 1.54) is 6.07 Å². The Morgan fingerprint density at radius 3 is 2.50 bits per heavy atom. The molecule has 18 heavy (non-hydrogen) atoms. The summed E-state index contributed by atoms with van der Waals surface area (Å²) in [5.41, 5.74) is 0.635. The molecule has 0 saturated carbocycles. The van der Waals surface area contributed by atoms with Gasteiger partial charge in [0.05, 0.1) is 16.7 Å². The molecular formula is C13H16Cl2N2O. The first-order valence-electron chi connectivity index (χ1n) is 5.56. The van der Waals surface area contributed by atoms with Crippen molar-refractivity contribution in [2.45, 2.75) is 32.4 Å². The molecule has 98 valence electrons. The van der Waals surface area contributed by atoms with E-state index in [-0.39, 0.29) is 16.1 Å². The van der Waals surface area contributed by atoms with Gasteiger partial charge in [-0.05, 0) is 32.9 Å². The van der Waals surface area contributed by atoms with E-state index in [9.17, 15) is 5.11 Å². The van der Waals surface area contributed by atoms with Gasteiger partial charge >= 0.3 is 0 Å². The van der Waals surface area contributed by atoms with E-state index in [0.717, 1.165) is 0 Å². The molecule has 0 bridgehead atoms. The molecule has 1 unspecified atom stereocenters. The zero-order valence-corrected chi connectivity index (χ0v) is 12.1. The van der Waals surface area contributed by atoms with Gasteiger partial charge in [0.1, 0.15) is 6.07 Å². The third kappa shape index (κ3) is 4.15. The first-order chi connectivity index (χ1) is 8.24. The summed E-state index contributed by atoms with van der Waals surface area (Å²) < 4.78 is 0. The van der Waals surface area contributed by atoms with Crippen LogP contribution in [0, 0.1) is 11.3 Å². The maximum Gasteiger partial charge on any atom is 0.101 e. The second-order valence-corrected chi connectivity index (χ2v) is 5.93. The number of β-amino-alcohol motifs (C(OH)–C–C–N with tert-alkyl or cyclic N) is 1. The summed E-state index contributed by atoms with van der Waals surface area (Å²) in [5, 5.41) is 22.8. The van der Waals surface area contributed by atoms with Crippen molar-refractivity contribution in [1.29, 1.82) is 5.26 Å². The normalized spacial score (nSPS) is 13.2. The Hall–Kier alpha value is -0.790. The van der Waals surface area contributed by atoms with Crippen LogP contribution in [0.15, 0.2) is 12.1 Å². The van der Waals surface area contributed by atoms with E-state index in [4.69, 9.17) is 28.5 Å². The SMILES string of the molecule is CC(C)(C)NCC(O)c1cc(Cl)cc(C#N)c1Cl. The van der Waals surface area contributed by atoms with Gasteiger partial charge in [0.15, 0.2) is 0 Å². The highest BCUT2D eigenvalue weighted by Crippen LogP contribution is 2.30. The quantitative estimate of drug-likeness (QED) is 0.897. The summed E-state index contributed by atoms with van der Waals surface area (Å²) in [5.74, 6) is 0. The molecule has 0 aliphatic rings. The third-order valence-corrected chi connectivity index (χ3v) is 3.01. The average Bonchev–Trinajstić information content (AvgIpc) is 2.27. The summed E-state index contributed by atoms with van der Waals surface area (Å²) >= 11 is 12.0. The van der Waals surface area contributed by atoms with E-state index in [1.54, 1.807) is 6.07 Å². The third-order valence-electron chi connectivity index (χ3n) is 2.37. The molecule has 0 aliphatic heterocycles. The van der Waals surface area contributed by atoms with E-state index < -0.39 is 6.10 Å². The molecule has 0 heterocycles. The lowest BCUT2D eigenvalue weighted by Gasteiger charge is -2.23. The minimum atomic E-state index is -0.803. The van der Waals surface area contributed by atoms with Crippen LogP contribution in [0.1, 0.15) is 38.0 Å². The molecule has 0 aromatic heterocycles. The van der Waals surface area contributed by atoms with Crippen molar-refractivity contribution in [3.63, 3.8) is 0 Å². The number of nitrogens with one attached hydrogen (secondary N) is 1. The topological polar surface area (TPSA) is 56.0 Å². The van der Waals surface area contributed by atoms with Gasteiger partial charge < -0.3 is 10.4 Å². The number of halogens is 2. The molecule has 0 aliphatic carbocycles. The molecule has 1 rings (SSSR count). The zero-order valence-electron chi connectivity index (χ0n) is 10.6. The number of hydrogen-bond donors (Lipinski definition) is 2. The minimum Gasteiger partial charge on any atom is -0.387 e. The van der Waals surface area contributed by atoms with Gasteiger partial charge in [0.25, 0.3) is 0 Å². The highest BCUT2D eigenvalue weighted by Gasteiger charge is 2.18. The van der Waals surface area contributed by atoms with Crippen LogP contribution >= 0.6 is 23.2 Å². The smallest absolute Gasteiger partial charge is 0.101 e. The lowest BCUT2D eigenvalue weighted by Crippen LogP contribution is -2.38. The van der Waals surface area contributed by atoms with Crippen LogP contribution < -0.4 is 5.32 Å². The van der Waals surface area contributed by atoms with Gasteiger partial charge in [-0.1, -0.05) is 23.2 Å². The van der Waals surface area contributed by atoms with Gasteiger partial charge in [-0.25, -0.2) is 0 Å². The number of benzene rings is 1. The van der Waals surface area contributed by atoms with Crippen LogP contribution in [0.2, 0.25) is 10.0 Å². The van der Waals surface area contributed by atoms with E-state index in [0.29, 0.717) is 17.1 Å². The van der Waals surface area contributed by atoms with Crippen LogP contribution in [-0.2, 0) is 0 Å². The van der Waals surface area contributed by atoms with Gasteiger partial charge in [0.2, 0.25) is 0 Å². The van der Waals surface area contributed by atoms with Crippen molar-refractivity contribution >= 4 is 23.2 Å². The maximum atomic E-state index is 10.1. The van der Waals surface area contributed by atoms with Gasteiger partial charge in [-0.2, -0.15) is 5.26 Å². The fourth-order valence-corrected chi connectivity index (χ4v) is 1.95. The van der Waals surface area contributed by atoms with E-state index in [2.05, 4.69) is 5.32 Å². The Morgan fingerprint density at radius 1 is 1.39 bits per heavy atom. The van der Waals surface area contributed by atoms with Crippen molar-refractivity contribution in [1.82, 2.24) is 5.32 Å². The Kier molecular flexibility index (Phi) is 5.01. The zero-order chi connectivity index (χ0) is 13.9. The monoisotopic (exact) mass is 286 g/mol. The molecule has 1 atom stereocenters. The number of aliphatic hydroxyl groups is 1. The van der Waals surface area contributed by atoms with Crippen LogP contribution in [0.25, 0.3) is 0 Å². The van der Waals surface area contributed by atoms with Gasteiger partial charge in [-0.3, -0.25) is 0 Å². The molecule has 0 radical (unpaired) electrons. The standard InChI is InChI=1S/C13H16Cl2N2O/c1-13(2,3)17-7-11(18)10-5-9(14)4-8(6-16)12(10)15/h4-5,11,17-18H,7H2,1-3H3. The van der Waals surface area contributed by atoms with Crippen molar-refractivity contribution in [2.75, 3.05) is 6.54 Å². The largest absolute Gasteiger partial charge is 0.387 e. The Labute approximate surface area is 117 Å². The maximum absolute atomic E-state index is 10.1. The summed E-state index contributed by atoms with van der Waals surface area (Å²) in [7, 11) is 0. The number of nitrogens with zero attached hydrogens (tertiary/aromatic N) is 1. The summed E-state index contributed by atoms with van der Waals surface area (Å²) in [6, 6.07) is 5.02. The summed E-state index contributed by atoms with van der Waals surface area (Å²) in [6.45, 7) is 6.34. The van der Waals surface area contributed by atoms with Gasteiger partial charge in [0, 0.05) is 22.7 Å². The fourth-order valence-electron chi connectivity index (χ4n) is 1.45. The fraction of sp³-hybridized carbons (Fsp3) is 0.462. The molecule has 5 heteroatoms. The van der Waals surface area contributed by atoms with Crippen molar-refractivity contribution < 1.29 is 5.11 Å². The van der Waals surface area contributed by atoms with E-state index in [1.807, 2.05) is 26.8 Å². The molecule has 0 saturated heterocycles. The number of hydrogen-bond acceptors (Lipinski definition) is 3. The highest BCUT2D eigenvalue weighted by molar-refractivity contribution is 6.34. The molecule has 1 aromatic carbocycles. The first-order valence-corrected chi connectivity index (χ1v) is 6.32. The molecule has 3 nitrogen and oxygen atoms in total. The van der Waals surface area contributed by atoms with Crippen LogP contribution in [0.5, 0.6) is 0 Å². The summed E-state index contributed by atoms with van der Waals surface area (Å²) in [4.78, 5) is 0. The van der Waals surface area contributed by atoms with Crippen molar-refractivity contribution in [3.05, 3.63) is 33.3 Å². The first kappa shape index (κ1) is 15.3. The molecule has 0 spiro atoms. The Balaban J connectivity index is 2.96. The van der Waals surface area contributed by atoms with E-state index >= 15 is 0 Å². The molecule has 0 amide bonds. The average molecular weight is 287 g/mol. The lowest BCUT2D eigenvalue weighted by atomic mass is 10.0. The van der Waals surface area contributed by atoms with Crippen molar-refractivity contribution in [2.24, 2.45) is 0 Å². The molecular weight excluding hydrogens is 271 g/mol. The molecule has 1 aromatic rings. The van der Waals surface area contributed by atoms with Crippen molar-refractivity contribution in [3.8, 4) is 6.07 Å². The Bertz CT molecular complexity index is 475. The number of nitriles is 1. The lowest BCUT2D eigenvalue weighted by molar-refractivity contribution is 0.163. The second kappa shape index (κ2) is 5.90. The van der Waals surface area contributed by atoms with Crippen LogP contribution in [-0.4, -0.2) is 17.2 Å². The Morgan fingerprint density at radius 2 is 2.00 bits per heavy atom. The minimum absolute atomic E-state index is 0.107. The number of rotatable bonds is 3. The van der Waals surface area contributed by atoms with Gasteiger partial charge in [-0.15, -0.1) is 0 Å². The van der Waals surface area contributed by atoms with Crippen LogP contribution in [0.4, 0.5) is 0 Å². The molecule has 2 N–H and O–H groups in total. The van der Waals surface area contributed by atoms with Crippen LogP contribution in [0.3, 0.4) is 0 Å². The second-order valence-electron chi connectivity index (χ2n) is 5.12. The molecule has 0 fully saturated rings. The number of aliphatic hydroxyl groups excluding tert-OH is 1. The highest BCUT2D eigenvalue weighted by atomic mass is 35.5. The summed E-state index contributed by atoms with van der Waals surface area (Å²) in [6.07, 6.45) is -0.803.